The highest BCUT2D eigenvalue weighted by Crippen LogP contribution is 2.12. The molecule has 0 fully saturated rings. The highest BCUT2D eigenvalue weighted by molar-refractivity contribution is 5.51. The van der Waals surface area contributed by atoms with Gasteiger partial charge in [0, 0.05) is 6.54 Å². The maximum absolute atomic E-state index is 8.74. The molecule has 0 radical (unpaired) electrons. The SMILES string of the molecule is CCCCCN(N)c1[nH]ncc1C#N. The van der Waals surface area contributed by atoms with Gasteiger partial charge in [-0.15, -0.1) is 0 Å². The molecule has 5 heteroatoms. The molecule has 0 aromatic carbocycles. The third-order valence-corrected chi connectivity index (χ3v) is 2.03. The highest BCUT2D eigenvalue weighted by Gasteiger charge is 2.08. The van der Waals surface area contributed by atoms with Crippen LogP contribution in [-0.4, -0.2) is 16.7 Å². The lowest BCUT2D eigenvalue weighted by atomic mass is 10.2. The largest absolute Gasteiger partial charge is 0.294 e. The molecule has 1 aromatic rings. The molecule has 0 atom stereocenters. The maximum Gasteiger partial charge on any atom is 0.156 e. The van der Waals surface area contributed by atoms with E-state index in [4.69, 9.17) is 11.1 Å². The smallest absolute Gasteiger partial charge is 0.156 e. The van der Waals surface area contributed by atoms with Gasteiger partial charge in [-0.2, -0.15) is 10.4 Å². The van der Waals surface area contributed by atoms with Crippen molar-refractivity contribution in [3.8, 4) is 6.07 Å². The summed E-state index contributed by atoms with van der Waals surface area (Å²) in [6.07, 6.45) is 4.80. The van der Waals surface area contributed by atoms with E-state index in [9.17, 15) is 0 Å². The molecule has 0 spiro atoms. The summed E-state index contributed by atoms with van der Waals surface area (Å²) in [5.41, 5.74) is 0.490. The first-order chi connectivity index (χ1) is 6.79. The normalized spacial score (nSPS) is 9.79. The van der Waals surface area contributed by atoms with Crippen molar-refractivity contribution in [2.75, 3.05) is 11.6 Å². The minimum absolute atomic E-state index is 0.490. The number of aromatic amines is 1. The number of hydrogen-bond donors (Lipinski definition) is 2. The van der Waals surface area contributed by atoms with Crippen LogP contribution in [0.3, 0.4) is 0 Å². The van der Waals surface area contributed by atoms with E-state index in [1.165, 1.54) is 6.20 Å². The molecular formula is C9H15N5. The second kappa shape index (κ2) is 5.25. The van der Waals surface area contributed by atoms with Crippen LogP contribution in [-0.2, 0) is 0 Å². The van der Waals surface area contributed by atoms with E-state index in [1.54, 1.807) is 5.01 Å². The van der Waals surface area contributed by atoms with E-state index in [-0.39, 0.29) is 0 Å². The van der Waals surface area contributed by atoms with E-state index in [1.807, 2.05) is 6.07 Å². The van der Waals surface area contributed by atoms with Gasteiger partial charge in [-0.25, -0.2) is 5.84 Å². The summed E-state index contributed by atoms with van der Waals surface area (Å²) in [5.74, 6) is 6.37. The number of nitrogens with two attached hydrogens (primary N) is 1. The van der Waals surface area contributed by atoms with E-state index in [0.29, 0.717) is 11.4 Å². The van der Waals surface area contributed by atoms with Crippen LogP contribution in [0.25, 0.3) is 0 Å². The molecule has 0 aliphatic rings. The summed E-state index contributed by atoms with van der Waals surface area (Å²) in [6.45, 7) is 2.88. The van der Waals surface area contributed by atoms with Crippen molar-refractivity contribution in [1.29, 1.82) is 5.26 Å². The average Bonchev–Trinajstić information content (AvgIpc) is 2.65. The summed E-state index contributed by atoms with van der Waals surface area (Å²) in [7, 11) is 0. The van der Waals surface area contributed by atoms with Crippen molar-refractivity contribution in [2.45, 2.75) is 26.2 Å². The van der Waals surface area contributed by atoms with Crippen LogP contribution in [0, 0.1) is 11.3 Å². The minimum Gasteiger partial charge on any atom is -0.294 e. The first-order valence-electron chi connectivity index (χ1n) is 4.75. The summed E-state index contributed by atoms with van der Waals surface area (Å²) >= 11 is 0. The Bertz CT molecular complexity index is 311. The van der Waals surface area contributed by atoms with Gasteiger partial charge in [0.05, 0.1) is 6.20 Å². The monoisotopic (exact) mass is 193 g/mol. The molecule has 76 valence electrons. The lowest BCUT2D eigenvalue weighted by Gasteiger charge is -2.16. The summed E-state index contributed by atoms with van der Waals surface area (Å²) in [6, 6.07) is 2.03. The van der Waals surface area contributed by atoms with Gasteiger partial charge in [-0.1, -0.05) is 19.8 Å². The molecule has 1 heterocycles. The molecule has 5 nitrogen and oxygen atoms in total. The predicted molar refractivity (Wildman–Crippen MR) is 54.4 cm³/mol. The number of nitrogens with zero attached hydrogens (tertiary/aromatic N) is 3. The van der Waals surface area contributed by atoms with Gasteiger partial charge >= 0.3 is 0 Å². The fourth-order valence-corrected chi connectivity index (χ4v) is 1.22. The zero-order valence-electron chi connectivity index (χ0n) is 8.32. The van der Waals surface area contributed by atoms with E-state index < -0.39 is 0 Å². The topological polar surface area (TPSA) is 81.7 Å². The zero-order chi connectivity index (χ0) is 10.4. The molecule has 0 saturated heterocycles. The van der Waals surface area contributed by atoms with Crippen molar-refractivity contribution < 1.29 is 0 Å². The van der Waals surface area contributed by atoms with Gasteiger partial charge in [-0.05, 0) is 6.42 Å². The van der Waals surface area contributed by atoms with E-state index >= 15 is 0 Å². The molecule has 1 aromatic heterocycles. The third-order valence-electron chi connectivity index (χ3n) is 2.03. The number of nitrogens with one attached hydrogen (secondary N) is 1. The quantitative estimate of drug-likeness (QED) is 0.417. The zero-order valence-corrected chi connectivity index (χ0v) is 8.32. The number of anilines is 1. The molecule has 0 saturated carbocycles. The molecule has 0 unspecified atom stereocenters. The number of unbranched alkanes of at least 4 members (excludes halogenated alkanes) is 2. The van der Waals surface area contributed by atoms with Gasteiger partial charge in [0.15, 0.2) is 5.82 Å². The standard InChI is InChI=1S/C9H15N5/c1-2-3-4-5-14(11)9-8(6-10)7-12-13-9/h7H,2-5,11H2,1H3,(H,12,13). The van der Waals surface area contributed by atoms with Crippen LogP contribution >= 0.6 is 0 Å². The third kappa shape index (κ3) is 2.47. The average molecular weight is 193 g/mol. The van der Waals surface area contributed by atoms with Crippen molar-refractivity contribution in [2.24, 2.45) is 5.84 Å². The van der Waals surface area contributed by atoms with Gasteiger partial charge in [0.1, 0.15) is 11.6 Å². The van der Waals surface area contributed by atoms with Crippen LogP contribution in [0.2, 0.25) is 0 Å². The molecule has 1 rings (SSSR count). The van der Waals surface area contributed by atoms with Gasteiger partial charge in [0.2, 0.25) is 0 Å². The molecule has 0 bridgehead atoms. The van der Waals surface area contributed by atoms with Crippen LogP contribution in [0.4, 0.5) is 5.82 Å². The van der Waals surface area contributed by atoms with Crippen molar-refractivity contribution in [1.82, 2.24) is 10.2 Å². The van der Waals surface area contributed by atoms with Crippen molar-refractivity contribution in [3.05, 3.63) is 11.8 Å². The lowest BCUT2D eigenvalue weighted by Crippen LogP contribution is -2.32. The van der Waals surface area contributed by atoms with Crippen molar-refractivity contribution in [3.63, 3.8) is 0 Å². The molecule has 3 N–H and O–H groups in total. The minimum atomic E-state index is 0.490. The Labute approximate surface area is 83.5 Å². The Morgan fingerprint density at radius 3 is 3.07 bits per heavy atom. The number of hydrogen-bond acceptors (Lipinski definition) is 4. The van der Waals surface area contributed by atoms with Crippen LogP contribution in [0.15, 0.2) is 6.20 Å². The highest BCUT2D eigenvalue weighted by atomic mass is 15.4. The fourth-order valence-electron chi connectivity index (χ4n) is 1.22. The first-order valence-corrected chi connectivity index (χ1v) is 4.75. The van der Waals surface area contributed by atoms with Crippen LogP contribution in [0.1, 0.15) is 31.7 Å². The molecule has 0 aliphatic carbocycles. The Morgan fingerprint density at radius 2 is 2.43 bits per heavy atom. The Kier molecular flexibility index (Phi) is 3.95. The maximum atomic E-state index is 8.74. The van der Waals surface area contributed by atoms with Gasteiger partial charge < -0.3 is 0 Å². The Morgan fingerprint density at radius 1 is 1.64 bits per heavy atom. The number of nitriles is 1. The van der Waals surface area contributed by atoms with E-state index in [0.717, 1.165) is 25.8 Å². The van der Waals surface area contributed by atoms with Crippen LogP contribution < -0.4 is 10.9 Å². The molecule has 0 amide bonds. The second-order valence-corrected chi connectivity index (χ2v) is 3.14. The molecular weight excluding hydrogens is 178 g/mol. The van der Waals surface area contributed by atoms with E-state index in [2.05, 4.69) is 17.1 Å². The second-order valence-electron chi connectivity index (χ2n) is 3.14. The van der Waals surface area contributed by atoms with Crippen LogP contribution in [0.5, 0.6) is 0 Å². The predicted octanol–water partition coefficient (Wildman–Crippen LogP) is 1.15. The summed E-state index contributed by atoms with van der Waals surface area (Å²) in [4.78, 5) is 0. The van der Waals surface area contributed by atoms with Crippen molar-refractivity contribution >= 4 is 5.82 Å². The van der Waals surface area contributed by atoms with Gasteiger partial charge in [-0.3, -0.25) is 10.1 Å². The molecule has 14 heavy (non-hydrogen) atoms. The Balaban J connectivity index is 2.52. The lowest BCUT2D eigenvalue weighted by molar-refractivity contribution is 0.682. The molecule has 0 aliphatic heterocycles. The summed E-state index contributed by atoms with van der Waals surface area (Å²) < 4.78 is 0. The summed E-state index contributed by atoms with van der Waals surface area (Å²) in [5, 5.41) is 16.8. The van der Waals surface area contributed by atoms with Gasteiger partial charge in [0.25, 0.3) is 0 Å². The number of rotatable bonds is 5. The number of hydrazine groups is 1. The number of aromatic nitrogens is 2. The Hall–Kier alpha value is -1.54. The number of H-pyrrole nitrogens is 1. The fraction of sp³-hybridized carbons (Fsp3) is 0.556. The first kappa shape index (κ1) is 10.5.